The second kappa shape index (κ2) is 9.47. The molecule has 0 saturated carbocycles. The van der Waals surface area contributed by atoms with E-state index in [1.165, 1.54) is 29.5 Å². The second-order valence-electron chi connectivity index (χ2n) is 7.71. The number of rotatable bonds is 3. The second-order valence-corrected chi connectivity index (χ2v) is 8.82. The summed E-state index contributed by atoms with van der Waals surface area (Å²) in [5, 5.41) is 3.57. The molecule has 8 nitrogen and oxygen atoms in total. The first-order valence-electron chi connectivity index (χ1n) is 10.6. The molecule has 2 aromatic heterocycles. The van der Waals surface area contributed by atoms with Gasteiger partial charge in [0.2, 0.25) is 0 Å². The maximum atomic E-state index is 13.6. The van der Waals surface area contributed by atoms with Gasteiger partial charge in [-0.05, 0) is 49.8 Å². The van der Waals surface area contributed by atoms with Gasteiger partial charge in [0.15, 0.2) is 0 Å². The smallest absolute Gasteiger partial charge is 0.409 e. The van der Waals surface area contributed by atoms with Gasteiger partial charge in [-0.3, -0.25) is 14.6 Å². The Hall–Kier alpha value is -2.94. The normalized spacial score (nSPS) is 16.3. The van der Waals surface area contributed by atoms with Crippen LogP contribution in [-0.2, 0) is 17.6 Å². The summed E-state index contributed by atoms with van der Waals surface area (Å²) in [7, 11) is 1.37. The molecule has 0 atom stereocenters. The fraction of sp³-hybridized carbons (Fsp3) is 0.455. The SMILES string of the molecule is COC(=O)N1CCCN(C(=O)c2c(NC(=O)c3cccnc3)sc3c2CCCC3)CC1. The molecule has 2 aromatic rings. The molecule has 1 aliphatic heterocycles. The van der Waals surface area contributed by atoms with Gasteiger partial charge >= 0.3 is 6.09 Å². The molecule has 1 saturated heterocycles. The standard InChI is InChI=1S/C22H26N4O4S/c1-30-22(29)26-11-5-10-25(12-13-26)21(28)18-16-7-2-3-8-17(16)31-20(18)24-19(27)15-6-4-9-23-14-15/h4,6,9,14H,2-3,5,7-8,10-13H2,1H3,(H,24,27). The predicted octanol–water partition coefficient (Wildman–Crippen LogP) is 3.19. The van der Waals surface area contributed by atoms with E-state index in [2.05, 4.69) is 10.3 Å². The molecule has 3 amide bonds. The molecule has 164 valence electrons. The number of nitrogens with zero attached hydrogens (tertiary/aromatic N) is 3. The molecule has 1 N–H and O–H groups in total. The molecule has 1 fully saturated rings. The number of aryl methyl sites for hydroxylation is 1. The van der Waals surface area contributed by atoms with Gasteiger partial charge in [0.25, 0.3) is 11.8 Å². The third kappa shape index (κ3) is 4.56. The van der Waals surface area contributed by atoms with E-state index >= 15 is 0 Å². The van der Waals surface area contributed by atoms with Gasteiger partial charge in [0.05, 0.1) is 18.2 Å². The first-order valence-corrected chi connectivity index (χ1v) is 11.4. The number of nitrogens with one attached hydrogen (secondary N) is 1. The third-order valence-electron chi connectivity index (χ3n) is 5.75. The number of carbonyl (C=O) groups is 3. The number of carbonyl (C=O) groups excluding carboxylic acids is 3. The molecule has 31 heavy (non-hydrogen) atoms. The van der Waals surface area contributed by atoms with Crippen molar-refractivity contribution in [2.45, 2.75) is 32.1 Å². The van der Waals surface area contributed by atoms with Crippen LogP contribution in [0.25, 0.3) is 0 Å². The monoisotopic (exact) mass is 442 g/mol. The van der Waals surface area contributed by atoms with Crippen LogP contribution < -0.4 is 5.32 Å². The molecule has 3 heterocycles. The maximum absolute atomic E-state index is 13.6. The summed E-state index contributed by atoms with van der Waals surface area (Å²) < 4.78 is 4.83. The van der Waals surface area contributed by atoms with Crippen molar-refractivity contribution in [3.63, 3.8) is 0 Å². The van der Waals surface area contributed by atoms with E-state index in [0.29, 0.717) is 48.7 Å². The van der Waals surface area contributed by atoms with Crippen molar-refractivity contribution in [2.75, 3.05) is 38.6 Å². The van der Waals surface area contributed by atoms with Crippen LogP contribution in [-0.4, -0.2) is 66.0 Å². The number of anilines is 1. The van der Waals surface area contributed by atoms with Gasteiger partial charge < -0.3 is 19.9 Å². The zero-order valence-electron chi connectivity index (χ0n) is 17.6. The number of ether oxygens (including phenoxy) is 1. The minimum atomic E-state index is -0.369. The Bertz CT molecular complexity index is 975. The van der Waals surface area contributed by atoms with Crippen LogP contribution in [0.3, 0.4) is 0 Å². The fourth-order valence-corrected chi connectivity index (χ4v) is 5.42. The van der Waals surface area contributed by atoms with Gasteiger partial charge in [-0.1, -0.05) is 0 Å². The van der Waals surface area contributed by atoms with E-state index in [0.717, 1.165) is 31.2 Å². The first-order chi connectivity index (χ1) is 15.1. The van der Waals surface area contributed by atoms with Gasteiger partial charge in [-0.2, -0.15) is 0 Å². The van der Waals surface area contributed by atoms with Crippen LogP contribution in [0.15, 0.2) is 24.5 Å². The highest BCUT2D eigenvalue weighted by Gasteiger charge is 2.31. The van der Waals surface area contributed by atoms with Gasteiger partial charge in [-0.25, -0.2) is 4.79 Å². The molecule has 0 bridgehead atoms. The quantitative estimate of drug-likeness (QED) is 0.788. The summed E-state index contributed by atoms with van der Waals surface area (Å²) in [4.78, 5) is 46.8. The molecule has 0 aromatic carbocycles. The molecule has 4 rings (SSSR count). The first kappa shape index (κ1) is 21.3. The Morgan fingerprint density at radius 3 is 2.61 bits per heavy atom. The molecular weight excluding hydrogens is 416 g/mol. The van der Waals surface area contributed by atoms with Crippen molar-refractivity contribution >= 4 is 34.2 Å². The highest BCUT2D eigenvalue weighted by Crippen LogP contribution is 2.39. The Morgan fingerprint density at radius 1 is 1.06 bits per heavy atom. The largest absolute Gasteiger partial charge is 0.453 e. The van der Waals surface area contributed by atoms with Gasteiger partial charge in [0.1, 0.15) is 5.00 Å². The predicted molar refractivity (Wildman–Crippen MR) is 118 cm³/mol. The number of aromatic nitrogens is 1. The zero-order valence-corrected chi connectivity index (χ0v) is 18.4. The number of hydrogen-bond donors (Lipinski definition) is 1. The van der Waals surface area contributed by atoms with Crippen LogP contribution in [0, 0.1) is 0 Å². The number of amides is 3. The lowest BCUT2D eigenvalue weighted by Crippen LogP contribution is -2.37. The van der Waals surface area contributed by atoms with Crippen molar-refractivity contribution in [1.82, 2.24) is 14.8 Å². The average molecular weight is 443 g/mol. The minimum Gasteiger partial charge on any atom is -0.453 e. The Kier molecular flexibility index (Phi) is 6.50. The number of methoxy groups -OCH3 is 1. The minimum absolute atomic E-state index is 0.0763. The number of thiophene rings is 1. The van der Waals surface area contributed by atoms with E-state index in [1.54, 1.807) is 28.1 Å². The number of pyridine rings is 1. The van der Waals surface area contributed by atoms with Crippen LogP contribution in [0.4, 0.5) is 9.80 Å². The summed E-state index contributed by atoms with van der Waals surface area (Å²) >= 11 is 1.51. The van der Waals surface area contributed by atoms with Gasteiger partial charge in [0, 0.05) is 43.4 Å². The molecular formula is C22H26N4O4S. The lowest BCUT2D eigenvalue weighted by molar-refractivity contribution is 0.0757. The summed E-state index contributed by atoms with van der Waals surface area (Å²) in [6.45, 7) is 1.99. The van der Waals surface area contributed by atoms with Gasteiger partial charge in [-0.15, -0.1) is 11.3 Å². The van der Waals surface area contributed by atoms with Crippen molar-refractivity contribution < 1.29 is 19.1 Å². The van der Waals surface area contributed by atoms with Crippen molar-refractivity contribution in [3.05, 3.63) is 46.1 Å². The summed E-state index contributed by atoms with van der Waals surface area (Å²) in [5.41, 5.74) is 2.14. The average Bonchev–Trinajstić information content (AvgIpc) is 2.98. The highest BCUT2D eigenvalue weighted by atomic mass is 32.1. The molecule has 9 heteroatoms. The summed E-state index contributed by atoms with van der Waals surface area (Å²) in [5.74, 6) is -0.346. The third-order valence-corrected chi connectivity index (χ3v) is 6.96. The number of hydrogen-bond acceptors (Lipinski definition) is 6. The highest BCUT2D eigenvalue weighted by molar-refractivity contribution is 7.17. The topological polar surface area (TPSA) is 91.8 Å². The molecule has 0 unspecified atom stereocenters. The van der Waals surface area contributed by atoms with E-state index in [1.807, 2.05) is 0 Å². The molecule has 0 spiro atoms. The maximum Gasteiger partial charge on any atom is 0.409 e. The molecule has 2 aliphatic rings. The molecule has 1 aliphatic carbocycles. The van der Waals surface area contributed by atoms with Crippen molar-refractivity contribution in [3.8, 4) is 0 Å². The van der Waals surface area contributed by atoms with Crippen LogP contribution in [0.1, 0.15) is 50.4 Å². The Labute approximate surface area is 185 Å². The van der Waals surface area contributed by atoms with Crippen molar-refractivity contribution in [1.29, 1.82) is 0 Å². The van der Waals surface area contributed by atoms with Crippen LogP contribution in [0.5, 0.6) is 0 Å². The Morgan fingerprint density at radius 2 is 1.84 bits per heavy atom. The van der Waals surface area contributed by atoms with Crippen LogP contribution in [0.2, 0.25) is 0 Å². The summed E-state index contributed by atoms with van der Waals surface area (Å²) in [6, 6.07) is 3.41. The fourth-order valence-electron chi connectivity index (χ4n) is 4.14. The lowest BCUT2D eigenvalue weighted by Gasteiger charge is -2.23. The van der Waals surface area contributed by atoms with Crippen LogP contribution >= 0.6 is 11.3 Å². The van der Waals surface area contributed by atoms with Crippen molar-refractivity contribution in [2.24, 2.45) is 0 Å². The van der Waals surface area contributed by atoms with E-state index in [4.69, 9.17) is 4.74 Å². The zero-order chi connectivity index (χ0) is 21.8. The number of fused-ring (bicyclic) bond motifs is 1. The van der Waals surface area contributed by atoms with E-state index in [9.17, 15) is 14.4 Å². The lowest BCUT2D eigenvalue weighted by atomic mass is 9.95. The van der Waals surface area contributed by atoms with E-state index < -0.39 is 0 Å². The summed E-state index contributed by atoms with van der Waals surface area (Å²) in [6.07, 6.45) is 7.35. The Balaban J connectivity index is 1.59. The van der Waals surface area contributed by atoms with E-state index in [-0.39, 0.29) is 17.9 Å². The molecule has 0 radical (unpaired) electrons.